The lowest BCUT2D eigenvalue weighted by atomic mass is 10.1. The normalized spacial score (nSPS) is 19.8. The van der Waals surface area contributed by atoms with Crippen LogP contribution in [0.2, 0.25) is 0 Å². The summed E-state index contributed by atoms with van der Waals surface area (Å²) < 4.78 is 36.2. The Bertz CT molecular complexity index is 1360. The van der Waals surface area contributed by atoms with Crippen LogP contribution in [0.5, 0.6) is 0 Å². The summed E-state index contributed by atoms with van der Waals surface area (Å²) in [6.45, 7) is 6.19. The maximum atomic E-state index is 14.3. The number of aromatic nitrogens is 5. The summed E-state index contributed by atoms with van der Waals surface area (Å²) in [4.78, 5) is 24.1. The monoisotopic (exact) mass is 440 g/mol. The van der Waals surface area contributed by atoms with Crippen molar-refractivity contribution in [2.75, 3.05) is 13.1 Å². The number of fused-ring (bicyclic) bond motifs is 3. The summed E-state index contributed by atoms with van der Waals surface area (Å²) in [6.07, 6.45) is 3.28. The van der Waals surface area contributed by atoms with Gasteiger partial charge in [0.25, 0.3) is 0 Å². The molecular formula is C22H22F2N6O2. The van der Waals surface area contributed by atoms with E-state index in [-0.39, 0.29) is 24.3 Å². The summed E-state index contributed by atoms with van der Waals surface area (Å²) in [6, 6.07) is 5.09. The van der Waals surface area contributed by atoms with Gasteiger partial charge in [0.2, 0.25) is 0 Å². The number of hydrogen-bond acceptors (Lipinski definition) is 6. The van der Waals surface area contributed by atoms with Crippen molar-refractivity contribution in [1.82, 2.24) is 29.0 Å². The Balaban J connectivity index is 1.59. The Morgan fingerprint density at radius 3 is 2.62 bits per heavy atom. The third-order valence-electron chi connectivity index (χ3n) is 5.62. The van der Waals surface area contributed by atoms with Crippen molar-refractivity contribution in [3.63, 3.8) is 0 Å². The molecule has 10 heteroatoms. The molecular weight excluding hydrogens is 418 g/mol. The summed E-state index contributed by atoms with van der Waals surface area (Å²) in [5, 5.41) is 4.64. The van der Waals surface area contributed by atoms with Gasteiger partial charge in [-0.05, 0) is 43.7 Å². The fourth-order valence-corrected chi connectivity index (χ4v) is 4.39. The molecule has 0 amide bonds. The Kier molecular flexibility index (Phi) is 5.18. The van der Waals surface area contributed by atoms with Crippen LogP contribution in [0.3, 0.4) is 0 Å². The number of hydrogen-bond donors (Lipinski definition) is 0. The van der Waals surface area contributed by atoms with Gasteiger partial charge >= 0.3 is 5.69 Å². The minimum absolute atomic E-state index is 0.0510. The van der Waals surface area contributed by atoms with Gasteiger partial charge in [0, 0.05) is 31.4 Å². The molecule has 0 spiro atoms. The number of benzene rings is 1. The minimum atomic E-state index is -0.600. The average molecular weight is 440 g/mol. The van der Waals surface area contributed by atoms with Crippen LogP contribution in [0, 0.1) is 11.6 Å². The van der Waals surface area contributed by atoms with E-state index in [0.717, 1.165) is 41.4 Å². The van der Waals surface area contributed by atoms with Crippen LogP contribution in [-0.2, 0) is 17.8 Å². The number of morpholine rings is 1. The lowest BCUT2D eigenvalue weighted by Crippen LogP contribution is -2.44. The molecule has 0 N–H and O–H groups in total. The van der Waals surface area contributed by atoms with Gasteiger partial charge in [-0.15, -0.1) is 0 Å². The first-order chi connectivity index (χ1) is 15.4. The summed E-state index contributed by atoms with van der Waals surface area (Å²) in [5.74, 6) is -1.18. The maximum absolute atomic E-state index is 14.3. The SMILES string of the molecule is CC1CN(Cc2cnc3c(c2)c2ncnn2c(=O)n3Cc2cc(F)ccc2F)CC(C)O1. The van der Waals surface area contributed by atoms with E-state index in [1.807, 2.05) is 19.9 Å². The van der Waals surface area contributed by atoms with E-state index in [1.165, 1.54) is 10.9 Å². The number of nitrogens with zero attached hydrogens (tertiary/aromatic N) is 6. The fraction of sp³-hybridized carbons (Fsp3) is 0.364. The first-order valence-corrected chi connectivity index (χ1v) is 10.4. The molecule has 4 aromatic rings. The van der Waals surface area contributed by atoms with Gasteiger partial charge in [0.15, 0.2) is 5.65 Å². The van der Waals surface area contributed by atoms with Crippen LogP contribution in [0.4, 0.5) is 8.78 Å². The number of rotatable bonds is 4. The lowest BCUT2D eigenvalue weighted by molar-refractivity contribution is -0.0705. The highest BCUT2D eigenvalue weighted by Crippen LogP contribution is 2.21. The molecule has 2 atom stereocenters. The topological polar surface area (TPSA) is 77.6 Å². The zero-order valence-corrected chi connectivity index (χ0v) is 17.7. The van der Waals surface area contributed by atoms with E-state index >= 15 is 0 Å². The van der Waals surface area contributed by atoms with E-state index in [1.54, 1.807) is 6.20 Å². The lowest BCUT2D eigenvalue weighted by Gasteiger charge is -2.35. The predicted molar refractivity (Wildman–Crippen MR) is 113 cm³/mol. The highest BCUT2D eigenvalue weighted by molar-refractivity contribution is 5.89. The van der Waals surface area contributed by atoms with Crippen LogP contribution < -0.4 is 5.69 Å². The zero-order chi connectivity index (χ0) is 22.4. The number of pyridine rings is 1. The zero-order valence-electron chi connectivity index (χ0n) is 17.7. The quantitative estimate of drug-likeness (QED) is 0.485. The molecule has 1 saturated heterocycles. The van der Waals surface area contributed by atoms with Gasteiger partial charge in [-0.3, -0.25) is 9.47 Å². The van der Waals surface area contributed by atoms with E-state index in [2.05, 4.69) is 20.0 Å². The largest absolute Gasteiger partial charge is 0.373 e. The first kappa shape index (κ1) is 20.7. The molecule has 1 aromatic carbocycles. The smallest absolute Gasteiger partial charge is 0.352 e. The van der Waals surface area contributed by atoms with Gasteiger partial charge in [-0.25, -0.2) is 23.5 Å². The van der Waals surface area contributed by atoms with Crippen molar-refractivity contribution < 1.29 is 13.5 Å². The predicted octanol–water partition coefficient (Wildman–Crippen LogP) is 2.37. The third-order valence-corrected chi connectivity index (χ3v) is 5.62. The highest BCUT2D eigenvalue weighted by Gasteiger charge is 2.23. The second-order valence-corrected chi connectivity index (χ2v) is 8.27. The van der Waals surface area contributed by atoms with Crippen LogP contribution in [0.25, 0.3) is 16.7 Å². The van der Waals surface area contributed by atoms with Crippen molar-refractivity contribution >= 4 is 16.7 Å². The van der Waals surface area contributed by atoms with E-state index in [0.29, 0.717) is 23.2 Å². The van der Waals surface area contributed by atoms with Crippen LogP contribution >= 0.6 is 0 Å². The molecule has 4 heterocycles. The van der Waals surface area contributed by atoms with Gasteiger partial charge in [-0.2, -0.15) is 9.61 Å². The van der Waals surface area contributed by atoms with Crippen LogP contribution in [0.1, 0.15) is 25.0 Å². The fourth-order valence-electron chi connectivity index (χ4n) is 4.39. The molecule has 1 aliphatic heterocycles. The van der Waals surface area contributed by atoms with E-state index < -0.39 is 17.3 Å². The number of ether oxygens (including phenoxy) is 1. The van der Waals surface area contributed by atoms with Crippen LogP contribution in [-0.4, -0.2) is 54.3 Å². The molecule has 3 aromatic heterocycles. The molecule has 0 aliphatic carbocycles. The van der Waals surface area contributed by atoms with Crippen molar-refractivity contribution in [2.45, 2.75) is 39.1 Å². The summed E-state index contributed by atoms with van der Waals surface area (Å²) in [5.41, 5.74) is 1.19. The molecule has 2 unspecified atom stereocenters. The van der Waals surface area contributed by atoms with Crippen LogP contribution in [0.15, 0.2) is 41.6 Å². The molecule has 0 saturated carbocycles. The van der Waals surface area contributed by atoms with Gasteiger partial charge < -0.3 is 4.74 Å². The van der Waals surface area contributed by atoms with Crippen molar-refractivity contribution in [1.29, 1.82) is 0 Å². The molecule has 1 aliphatic rings. The Labute approximate surface area is 182 Å². The van der Waals surface area contributed by atoms with Crippen molar-refractivity contribution in [3.8, 4) is 0 Å². The van der Waals surface area contributed by atoms with Crippen molar-refractivity contribution in [3.05, 3.63) is 70.0 Å². The van der Waals surface area contributed by atoms with Crippen molar-refractivity contribution in [2.24, 2.45) is 0 Å². The third kappa shape index (κ3) is 3.76. The first-order valence-electron chi connectivity index (χ1n) is 10.4. The summed E-state index contributed by atoms with van der Waals surface area (Å²) in [7, 11) is 0. The molecule has 8 nitrogen and oxygen atoms in total. The molecule has 5 rings (SSSR count). The van der Waals surface area contributed by atoms with E-state index in [4.69, 9.17) is 4.74 Å². The minimum Gasteiger partial charge on any atom is -0.373 e. The van der Waals surface area contributed by atoms with Gasteiger partial charge in [-0.1, -0.05) is 0 Å². The second kappa shape index (κ2) is 8.03. The standard InChI is InChI=1S/C22H22F2N6O2/c1-13-8-28(9-14(2)32-13)10-15-5-18-20(25-7-15)29(22(31)30-21(18)26-12-27-30)11-16-6-17(23)3-4-19(16)24/h3-7,12-14H,8-11H2,1-2H3. The Hall–Kier alpha value is -3.24. The molecule has 166 valence electrons. The van der Waals surface area contributed by atoms with Gasteiger partial charge in [0.1, 0.15) is 23.6 Å². The molecule has 0 bridgehead atoms. The highest BCUT2D eigenvalue weighted by atomic mass is 19.1. The van der Waals surface area contributed by atoms with Gasteiger partial charge in [0.05, 0.1) is 24.1 Å². The number of halogens is 2. The van der Waals surface area contributed by atoms with E-state index in [9.17, 15) is 13.6 Å². The Morgan fingerprint density at radius 1 is 1.06 bits per heavy atom. The molecule has 0 radical (unpaired) electrons. The summed E-state index contributed by atoms with van der Waals surface area (Å²) >= 11 is 0. The molecule has 32 heavy (non-hydrogen) atoms. The Morgan fingerprint density at radius 2 is 1.84 bits per heavy atom. The average Bonchev–Trinajstić information content (AvgIpc) is 3.23. The second-order valence-electron chi connectivity index (χ2n) is 8.27. The molecule has 1 fully saturated rings. The maximum Gasteiger partial charge on any atom is 0.352 e.